The summed E-state index contributed by atoms with van der Waals surface area (Å²) in [5.74, 6) is 0.268. The topological polar surface area (TPSA) is 62.2 Å². The maximum Gasteiger partial charge on any atom is 0.231 e. The quantitative estimate of drug-likeness (QED) is 0.890. The lowest BCUT2D eigenvalue weighted by atomic mass is 10.0. The van der Waals surface area contributed by atoms with Crippen LogP contribution in [-0.4, -0.2) is 16.0 Å². The van der Waals surface area contributed by atoms with Crippen molar-refractivity contribution in [2.75, 3.05) is 5.32 Å². The van der Waals surface area contributed by atoms with Gasteiger partial charge in [-0.15, -0.1) is 11.3 Å². The minimum atomic E-state index is -0.0890. The van der Waals surface area contributed by atoms with Crippen molar-refractivity contribution in [1.29, 1.82) is 0 Å². The Labute approximate surface area is 122 Å². The molecule has 2 N–H and O–H groups in total. The van der Waals surface area contributed by atoms with E-state index in [0.29, 0.717) is 16.6 Å². The van der Waals surface area contributed by atoms with Gasteiger partial charge in [0.2, 0.25) is 5.91 Å². The minimum Gasteiger partial charge on any atom is -0.390 e. The molecule has 0 atom stereocenters. The average molecular weight is 290 g/mol. The van der Waals surface area contributed by atoms with Gasteiger partial charge in [-0.3, -0.25) is 4.79 Å². The summed E-state index contributed by atoms with van der Waals surface area (Å²) in [4.78, 5) is 16.2. The summed E-state index contributed by atoms with van der Waals surface area (Å²) in [6.07, 6.45) is 0.233. The van der Waals surface area contributed by atoms with Crippen LogP contribution >= 0.6 is 11.3 Å². The molecule has 0 aliphatic carbocycles. The van der Waals surface area contributed by atoms with Gasteiger partial charge in [0.05, 0.1) is 18.7 Å². The van der Waals surface area contributed by atoms with Crippen molar-refractivity contribution < 1.29 is 9.90 Å². The Morgan fingerprint density at radius 3 is 2.80 bits per heavy atom. The third-order valence-corrected chi connectivity index (χ3v) is 3.83. The van der Waals surface area contributed by atoms with E-state index in [0.717, 1.165) is 11.3 Å². The van der Waals surface area contributed by atoms with Crippen molar-refractivity contribution in [1.82, 2.24) is 4.98 Å². The molecule has 0 bridgehead atoms. The number of carbonyl (C=O) groups excluding carboxylic acids is 1. The van der Waals surface area contributed by atoms with Crippen LogP contribution in [-0.2, 0) is 17.8 Å². The maximum atomic E-state index is 12.0. The third-order valence-electron chi connectivity index (χ3n) is 2.93. The Balaban J connectivity index is 2.04. The van der Waals surface area contributed by atoms with Gasteiger partial charge in [0.1, 0.15) is 5.01 Å². The molecule has 2 rings (SSSR count). The summed E-state index contributed by atoms with van der Waals surface area (Å²) in [5, 5.41) is 14.4. The highest BCUT2D eigenvalue weighted by Crippen LogP contribution is 2.23. The van der Waals surface area contributed by atoms with E-state index in [1.165, 1.54) is 11.3 Å². The number of nitrogens with zero attached hydrogens (tertiary/aromatic N) is 1. The summed E-state index contributed by atoms with van der Waals surface area (Å²) < 4.78 is 0. The molecule has 0 radical (unpaired) electrons. The van der Waals surface area contributed by atoms with Crippen LogP contribution in [0.15, 0.2) is 29.6 Å². The number of thiazole rings is 1. The highest BCUT2D eigenvalue weighted by molar-refractivity contribution is 7.09. The van der Waals surface area contributed by atoms with Crippen molar-refractivity contribution in [2.24, 2.45) is 0 Å². The van der Waals surface area contributed by atoms with E-state index in [1.54, 1.807) is 5.38 Å². The Bertz CT molecular complexity index is 593. The molecule has 4 nitrogen and oxygen atoms in total. The standard InChI is InChI=1S/C15H18N2O2S/c1-10(2)12-5-3-4-6-13(12)17-14(19)7-15-16-11(8-18)9-20-15/h3-6,9-10,18H,7-8H2,1-2H3,(H,17,19). The lowest BCUT2D eigenvalue weighted by Crippen LogP contribution is -2.15. The van der Waals surface area contributed by atoms with Gasteiger partial charge in [-0.05, 0) is 17.5 Å². The number of para-hydroxylation sites is 1. The Morgan fingerprint density at radius 1 is 1.40 bits per heavy atom. The van der Waals surface area contributed by atoms with E-state index in [1.807, 2.05) is 24.3 Å². The molecule has 0 saturated heterocycles. The van der Waals surface area contributed by atoms with E-state index >= 15 is 0 Å². The largest absolute Gasteiger partial charge is 0.390 e. The van der Waals surface area contributed by atoms with E-state index in [-0.39, 0.29) is 18.9 Å². The predicted octanol–water partition coefficient (Wildman–Crippen LogP) is 2.94. The molecule has 0 spiro atoms. The van der Waals surface area contributed by atoms with Gasteiger partial charge >= 0.3 is 0 Å². The molecule has 106 valence electrons. The molecule has 5 heteroatoms. The second-order valence-corrected chi connectivity index (χ2v) is 5.80. The van der Waals surface area contributed by atoms with Crippen LogP contribution in [0.4, 0.5) is 5.69 Å². The fraction of sp³-hybridized carbons (Fsp3) is 0.333. The molecule has 1 amide bonds. The first kappa shape index (κ1) is 14.7. The van der Waals surface area contributed by atoms with Crippen molar-refractivity contribution in [2.45, 2.75) is 32.8 Å². The zero-order chi connectivity index (χ0) is 14.5. The Hall–Kier alpha value is -1.72. The van der Waals surface area contributed by atoms with Crippen LogP contribution in [0.5, 0.6) is 0 Å². The van der Waals surface area contributed by atoms with Gasteiger partial charge in [0, 0.05) is 11.1 Å². The van der Waals surface area contributed by atoms with Gasteiger partial charge in [-0.25, -0.2) is 4.98 Å². The lowest BCUT2D eigenvalue weighted by molar-refractivity contribution is -0.115. The van der Waals surface area contributed by atoms with Crippen molar-refractivity contribution >= 4 is 22.9 Å². The number of benzene rings is 1. The third kappa shape index (κ3) is 3.65. The number of aliphatic hydroxyl groups excluding tert-OH is 1. The predicted molar refractivity (Wildman–Crippen MR) is 80.9 cm³/mol. The van der Waals surface area contributed by atoms with Crippen LogP contribution in [0.1, 0.15) is 36.0 Å². The molecule has 20 heavy (non-hydrogen) atoms. The first-order valence-electron chi connectivity index (χ1n) is 6.53. The highest BCUT2D eigenvalue weighted by atomic mass is 32.1. The summed E-state index contributed by atoms with van der Waals surface area (Å²) in [5.41, 5.74) is 2.59. The number of hydrogen-bond acceptors (Lipinski definition) is 4. The molecule has 1 heterocycles. The summed E-state index contributed by atoms with van der Waals surface area (Å²) in [6.45, 7) is 4.10. The Morgan fingerprint density at radius 2 is 2.15 bits per heavy atom. The minimum absolute atomic E-state index is 0.0862. The number of hydrogen-bond donors (Lipinski definition) is 2. The van der Waals surface area contributed by atoms with Crippen LogP contribution in [0.2, 0.25) is 0 Å². The van der Waals surface area contributed by atoms with Gasteiger partial charge in [0.25, 0.3) is 0 Å². The first-order valence-corrected chi connectivity index (χ1v) is 7.41. The number of carbonyl (C=O) groups is 1. The maximum absolute atomic E-state index is 12.0. The molecule has 0 unspecified atom stereocenters. The van der Waals surface area contributed by atoms with Crippen LogP contribution < -0.4 is 5.32 Å². The molecule has 0 saturated carbocycles. The van der Waals surface area contributed by atoms with E-state index in [4.69, 9.17) is 5.11 Å². The molecule has 0 fully saturated rings. The number of aromatic nitrogens is 1. The van der Waals surface area contributed by atoms with Crippen molar-refractivity contribution in [3.05, 3.63) is 45.9 Å². The SMILES string of the molecule is CC(C)c1ccccc1NC(=O)Cc1nc(CO)cs1. The van der Waals surface area contributed by atoms with Crippen molar-refractivity contribution in [3.63, 3.8) is 0 Å². The van der Waals surface area contributed by atoms with Gasteiger partial charge < -0.3 is 10.4 Å². The normalized spacial score (nSPS) is 10.8. The number of rotatable bonds is 5. The molecular weight excluding hydrogens is 272 g/mol. The summed E-state index contributed by atoms with van der Waals surface area (Å²) >= 11 is 1.39. The highest BCUT2D eigenvalue weighted by Gasteiger charge is 2.11. The van der Waals surface area contributed by atoms with E-state index in [2.05, 4.69) is 24.1 Å². The Kier molecular flexibility index (Phi) is 4.87. The second-order valence-electron chi connectivity index (χ2n) is 4.86. The summed E-state index contributed by atoms with van der Waals surface area (Å²) in [6, 6.07) is 7.82. The van der Waals surface area contributed by atoms with Gasteiger partial charge in [0.15, 0.2) is 0 Å². The fourth-order valence-electron chi connectivity index (χ4n) is 1.95. The van der Waals surface area contributed by atoms with Gasteiger partial charge in [-0.2, -0.15) is 0 Å². The first-order chi connectivity index (χ1) is 9.60. The molecular formula is C15H18N2O2S. The number of anilines is 1. The monoisotopic (exact) mass is 290 g/mol. The molecule has 2 aromatic rings. The lowest BCUT2D eigenvalue weighted by Gasteiger charge is -2.13. The van der Waals surface area contributed by atoms with Crippen molar-refractivity contribution in [3.8, 4) is 0 Å². The molecule has 1 aromatic carbocycles. The van der Waals surface area contributed by atoms with Gasteiger partial charge in [-0.1, -0.05) is 32.0 Å². The number of nitrogens with one attached hydrogen (secondary N) is 1. The second kappa shape index (κ2) is 6.63. The zero-order valence-electron chi connectivity index (χ0n) is 11.6. The van der Waals surface area contributed by atoms with Crippen LogP contribution in [0, 0.1) is 0 Å². The zero-order valence-corrected chi connectivity index (χ0v) is 12.4. The average Bonchev–Trinajstić information content (AvgIpc) is 2.86. The fourth-order valence-corrected chi connectivity index (χ4v) is 2.73. The van der Waals surface area contributed by atoms with Crippen LogP contribution in [0.3, 0.4) is 0 Å². The van der Waals surface area contributed by atoms with Crippen LogP contribution in [0.25, 0.3) is 0 Å². The summed E-state index contributed by atoms with van der Waals surface area (Å²) in [7, 11) is 0. The molecule has 0 aliphatic rings. The van der Waals surface area contributed by atoms with E-state index in [9.17, 15) is 4.79 Å². The molecule has 0 aliphatic heterocycles. The molecule has 1 aromatic heterocycles. The smallest absolute Gasteiger partial charge is 0.231 e. The number of aliphatic hydroxyl groups is 1. The number of amides is 1. The van der Waals surface area contributed by atoms with E-state index < -0.39 is 0 Å².